The lowest BCUT2D eigenvalue weighted by Crippen LogP contribution is -2.40. The van der Waals surface area contributed by atoms with Crippen molar-refractivity contribution in [1.29, 1.82) is 5.26 Å². The lowest BCUT2D eigenvalue weighted by molar-refractivity contribution is -0.0122. The predicted octanol–water partition coefficient (Wildman–Crippen LogP) is 7.23. The Labute approximate surface area is 308 Å². The number of halogens is 3. The minimum absolute atomic E-state index is 0.00954. The van der Waals surface area contributed by atoms with Gasteiger partial charge in [0.15, 0.2) is 0 Å². The van der Waals surface area contributed by atoms with E-state index in [4.69, 9.17) is 11.6 Å². The number of nitrogens with zero attached hydrogens (tertiary/aromatic N) is 7. The van der Waals surface area contributed by atoms with Crippen LogP contribution in [0.4, 0.5) is 14.6 Å². The van der Waals surface area contributed by atoms with Gasteiger partial charge in [-0.15, -0.1) is 11.3 Å². The van der Waals surface area contributed by atoms with E-state index in [2.05, 4.69) is 32.9 Å². The van der Waals surface area contributed by atoms with Crippen molar-refractivity contribution in [3.05, 3.63) is 79.9 Å². The highest BCUT2D eigenvalue weighted by Crippen LogP contribution is 2.37. The maximum atomic E-state index is 14.0. The van der Waals surface area contributed by atoms with E-state index >= 15 is 0 Å². The average Bonchev–Trinajstić information content (AvgIpc) is 3.54. The summed E-state index contributed by atoms with van der Waals surface area (Å²) in [5.74, 6) is 3.56. The van der Waals surface area contributed by atoms with Crippen molar-refractivity contribution in [3.63, 3.8) is 0 Å². The van der Waals surface area contributed by atoms with Crippen molar-refractivity contribution in [3.8, 4) is 29.0 Å². The average molecular weight is 744 g/mol. The normalized spacial score (nSPS) is 16.1. The molecule has 268 valence electrons. The molecule has 0 spiro atoms. The summed E-state index contributed by atoms with van der Waals surface area (Å²) in [4.78, 5) is 42.9. The summed E-state index contributed by atoms with van der Waals surface area (Å²) in [6, 6.07) is 9.31. The molecule has 1 N–H and O–H groups in total. The van der Waals surface area contributed by atoms with Gasteiger partial charge < -0.3 is 14.9 Å². The summed E-state index contributed by atoms with van der Waals surface area (Å²) >= 11 is 7.66. The molecule has 5 aromatic rings. The Morgan fingerprint density at radius 1 is 1.17 bits per heavy atom. The number of hydrogen-bond donors (Lipinski definition) is 1. The molecule has 4 heterocycles. The van der Waals surface area contributed by atoms with Crippen LogP contribution in [0.15, 0.2) is 46.8 Å². The molecule has 10 nitrogen and oxygen atoms in total. The Hall–Kier alpha value is -4.95. The second-order valence-electron chi connectivity index (χ2n) is 13.4. The number of hydrogen-bond acceptors (Lipinski definition) is 9. The number of aryl methyl sites for hydroxylation is 1. The summed E-state index contributed by atoms with van der Waals surface area (Å²) in [5.41, 5.74) is 2.60. The van der Waals surface area contributed by atoms with Gasteiger partial charge in [-0.2, -0.15) is 5.26 Å². The first-order chi connectivity index (χ1) is 24.8. The molecule has 1 aliphatic carbocycles. The molecule has 14 heteroatoms. The molecule has 1 aliphatic rings. The van der Waals surface area contributed by atoms with Gasteiger partial charge in [0.25, 0.3) is 11.5 Å². The number of thiophene rings is 1. The molecule has 0 saturated heterocycles. The quantitative estimate of drug-likeness (QED) is 0.156. The van der Waals surface area contributed by atoms with Gasteiger partial charge >= 0.3 is 5.97 Å². The molecule has 0 radical (unpaired) electrons. The van der Waals surface area contributed by atoms with E-state index in [-0.39, 0.29) is 35.6 Å². The standard InChI is InChI=1S/C38H36ClF2N7O3S/c1-22-45-31-18-44-35(47(4)26-11-7-23(8-12-26)19-46(3)21-38(2,40)41)29(17-42)32(31)36(49)48(22)15-5-6-24-9-10-25(39)16-28(24)27-13-14-43-33-30(37(50)51)20-52-34(27)33/h9-10,13-14,16,18,20,23,26H,7-8,11-12,15,19,21H2,1-4H3,(H,50,51). The molecule has 1 fully saturated rings. The van der Waals surface area contributed by atoms with Crippen LogP contribution in [-0.4, -0.2) is 74.6 Å². The summed E-state index contributed by atoms with van der Waals surface area (Å²) < 4.78 is 29.1. The number of carboxylic acid groups (broad SMARTS) is 1. The molecule has 0 atom stereocenters. The van der Waals surface area contributed by atoms with Crippen molar-refractivity contribution in [2.75, 3.05) is 32.1 Å². The van der Waals surface area contributed by atoms with E-state index in [1.807, 2.05) is 11.9 Å². The highest BCUT2D eigenvalue weighted by atomic mass is 35.5. The Kier molecular flexibility index (Phi) is 10.6. The molecule has 52 heavy (non-hydrogen) atoms. The number of alkyl halides is 2. The SMILES string of the molecule is Cc1nc2cnc(N(C)C3CCC(CN(C)CC(C)(F)F)CC3)c(C#N)c2c(=O)n1CC#Cc1ccc(Cl)cc1-c1ccnc2c(C(=O)O)csc12. The van der Waals surface area contributed by atoms with Gasteiger partial charge in [0.1, 0.15) is 23.3 Å². The van der Waals surface area contributed by atoms with Gasteiger partial charge in [0.05, 0.1) is 46.0 Å². The first kappa shape index (κ1) is 36.8. The fraction of sp³-hybridized carbons (Fsp3) is 0.368. The number of carboxylic acids is 1. The number of aromatic carboxylic acids is 1. The number of rotatable bonds is 9. The fourth-order valence-electron chi connectivity index (χ4n) is 7.09. The molecule has 0 unspecified atom stereocenters. The second-order valence-corrected chi connectivity index (χ2v) is 14.7. The lowest BCUT2D eigenvalue weighted by Gasteiger charge is -2.37. The Balaban J connectivity index is 1.27. The summed E-state index contributed by atoms with van der Waals surface area (Å²) in [5, 5.41) is 22.2. The zero-order valence-electron chi connectivity index (χ0n) is 29.1. The van der Waals surface area contributed by atoms with E-state index in [0.29, 0.717) is 56.0 Å². The minimum atomic E-state index is -2.74. The molecular weight excluding hydrogens is 708 g/mol. The molecular formula is C38H36ClF2N7O3S. The van der Waals surface area contributed by atoms with E-state index in [9.17, 15) is 28.7 Å². The third-order valence-electron chi connectivity index (χ3n) is 9.51. The summed E-state index contributed by atoms with van der Waals surface area (Å²) in [7, 11) is 3.59. The van der Waals surface area contributed by atoms with Gasteiger partial charge in [0, 0.05) is 59.8 Å². The largest absolute Gasteiger partial charge is 0.478 e. The van der Waals surface area contributed by atoms with Crippen LogP contribution in [0.5, 0.6) is 0 Å². The van der Waals surface area contributed by atoms with Gasteiger partial charge in [-0.1, -0.05) is 23.4 Å². The van der Waals surface area contributed by atoms with E-state index in [1.54, 1.807) is 54.7 Å². The highest BCUT2D eigenvalue weighted by molar-refractivity contribution is 7.18. The number of aromatic nitrogens is 4. The number of fused-ring (bicyclic) bond motifs is 2. The van der Waals surface area contributed by atoms with Gasteiger partial charge in [-0.25, -0.2) is 23.5 Å². The van der Waals surface area contributed by atoms with Crippen LogP contribution in [0.25, 0.3) is 32.2 Å². The fourth-order valence-corrected chi connectivity index (χ4v) is 8.29. The van der Waals surface area contributed by atoms with Gasteiger partial charge in [-0.3, -0.25) is 14.3 Å². The monoisotopic (exact) mass is 743 g/mol. The smallest absolute Gasteiger partial charge is 0.338 e. The lowest BCUT2D eigenvalue weighted by atomic mass is 9.85. The van der Waals surface area contributed by atoms with Crippen LogP contribution in [0.1, 0.15) is 59.9 Å². The van der Waals surface area contributed by atoms with Crippen molar-refractivity contribution in [2.45, 2.75) is 58.0 Å². The number of nitriles is 1. The Morgan fingerprint density at radius 3 is 2.62 bits per heavy atom. The zero-order chi connectivity index (χ0) is 37.3. The van der Waals surface area contributed by atoms with Crippen molar-refractivity contribution >= 4 is 55.8 Å². The second kappa shape index (κ2) is 15.0. The third kappa shape index (κ3) is 7.63. The predicted molar refractivity (Wildman–Crippen MR) is 199 cm³/mol. The molecule has 0 aliphatic heterocycles. The van der Waals surface area contributed by atoms with Crippen LogP contribution in [-0.2, 0) is 6.54 Å². The molecule has 0 bridgehead atoms. The minimum Gasteiger partial charge on any atom is -0.478 e. The van der Waals surface area contributed by atoms with Crippen molar-refractivity contribution in [2.24, 2.45) is 5.92 Å². The third-order valence-corrected chi connectivity index (χ3v) is 10.8. The zero-order valence-corrected chi connectivity index (χ0v) is 30.7. The molecule has 0 amide bonds. The number of carbonyl (C=O) groups is 1. The van der Waals surface area contributed by atoms with Crippen LogP contribution >= 0.6 is 22.9 Å². The van der Waals surface area contributed by atoms with E-state index in [1.165, 1.54) is 22.1 Å². The first-order valence-electron chi connectivity index (χ1n) is 16.7. The number of pyridine rings is 2. The number of benzene rings is 1. The molecule has 1 aromatic carbocycles. The summed E-state index contributed by atoms with van der Waals surface area (Å²) in [6.45, 7) is 2.94. The van der Waals surface area contributed by atoms with Gasteiger partial charge in [0.2, 0.25) is 0 Å². The Morgan fingerprint density at radius 2 is 1.92 bits per heavy atom. The molecule has 1 saturated carbocycles. The topological polar surface area (TPSA) is 128 Å². The maximum absolute atomic E-state index is 14.0. The highest BCUT2D eigenvalue weighted by Gasteiger charge is 2.30. The Bertz CT molecular complexity index is 2350. The maximum Gasteiger partial charge on any atom is 0.338 e. The summed E-state index contributed by atoms with van der Waals surface area (Å²) in [6.07, 6.45) is 6.39. The van der Waals surface area contributed by atoms with Crippen LogP contribution in [0, 0.1) is 36.0 Å². The number of anilines is 1. The van der Waals surface area contributed by atoms with E-state index < -0.39 is 17.5 Å². The van der Waals surface area contributed by atoms with Crippen LogP contribution in [0.3, 0.4) is 0 Å². The van der Waals surface area contributed by atoms with E-state index in [0.717, 1.165) is 38.2 Å². The first-order valence-corrected chi connectivity index (χ1v) is 18.0. The van der Waals surface area contributed by atoms with Crippen LogP contribution < -0.4 is 10.5 Å². The van der Waals surface area contributed by atoms with Gasteiger partial charge in [-0.05, 0) is 69.8 Å². The van der Waals surface area contributed by atoms with Crippen molar-refractivity contribution < 1.29 is 18.7 Å². The molecule has 6 rings (SSSR count). The van der Waals surface area contributed by atoms with Crippen LogP contribution in [0.2, 0.25) is 5.02 Å². The molecule has 4 aromatic heterocycles. The van der Waals surface area contributed by atoms with Crippen molar-refractivity contribution in [1.82, 2.24) is 24.4 Å².